The molecule has 0 saturated heterocycles. The van der Waals surface area contributed by atoms with Crippen LogP contribution in [-0.4, -0.2) is 22.2 Å². The molecule has 0 aromatic carbocycles. The Kier molecular flexibility index (Phi) is 4.58. The lowest BCUT2D eigenvalue weighted by atomic mass is 10.3. The molecule has 2 N–H and O–H groups in total. The molecular weight excluding hydrogens is 210 g/mol. The molecule has 1 aromatic heterocycles. The molecule has 1 rings (SSSR count). The molecule has 0 fully saturated rings. The number of carboxylic acid groups (broad SMARTS) is 2. The van der Waals surface area contributed by atoms with E-state index in [-0.39, 0.29) is 24.5 Å². The fourth-order valence-electron chi connectivity index (χ4n) is 0.861. The quantitative estimate of drug-likeness (QED) is 0.522. The molecule has 5 nitrogen and oxygen atoms in total. The van der Waals surface area contributed by atoms with E-state index < -0.39 is 11.9 Å². The number of rotatable bonds is 3. The Morgan fingerprint density at radius 2 is 1.71 bits per heavy atom. The van der Waals surface area contributed by atoms with Crippen molar-refractivity contribution in [3.05, 3.63) is 30.1 Å². The van der Waals surface area contributed by atoms with Crippen molar-refractivity contribution in [3.63, 3.8) is 0 Å². The number of nitrogens with zero attached hydrogens (tertiary/aromatic N) is 1. The van der Waals surface area contributed by atoms with Crippen LogP contribution in [0.15, 0.2) is 24.5 Å². The smallest absolute Gasteiger partial charge is 0.370 e. The Morgan fingerprint density at radius 3 is 2.07 bits per heavy atom. The number of halogens is 1. The van der Waals surface area contributed by atoms with Gasteiger partial charge in [0.25, 0.3) is 0 Å². The fraction of sp³-hybridized carbons (Fsp3) is 0.125. The number of pyridine rings is 1. The van der Waals surface area contributed by atoms with Gasteiger partial charge >= 0.3 is 11.9 Å². The highest BCUT2D eigenvalue weighted by Crippen LogP contribution is 1.93. The zero-order valence-corrected chi connectivity index (χ0v) is 7.81. The predicted octanol–water partition coefficient (Wildman–Crippen LogP) is -3.24. The summed E-state index contributed by atoms with van der Waals surface area (Å²) in [6.45, 7) is -0.167. The zero-order chi connectivity index (χ0) is 9.84. The zero-order valence-electron chi connectivity index (χ0n) is 7.05. The second-order valence-electron chi connectivity index (χ2n) is 2.46. The third kappa shape index (κ3) is 3.40. The third-order valence-electron chi connectivity index (χ3n) is 1.46. The summed E-state index contributed by atoms with van der Waals surface area (Å²) in [6, 6.07) is 2.70. The van der Waals surface area contributed by atoms with E-state index in [9.17, 15) is 9.59 Å². The Hall–Kier alpha value is -1.62. The first-order valence-corrected chi connectivity index (χ1v) is 3.54. The van der Waals surface area contributed by atoms with Gasteiger partial charge in [0.1, 0.15) is 0 Å². The summed E-state index contributed by atoms with van der Waals surface area (Å²) in [7, 11) is 0. The molecule has 76 valence electrons. The Morgan fingerprint density at radius 1 is 1.21 bits per heavy atom. The summed E-state index contributed by atoms with van der Waals surface area (Å²) in [5.41, 5.74) is 0.140. The van der Waals surface area contributed by atoms with Crippen LogP contribution in [0, 0.1) is 0 Å². The molecule has 0 atom stereocenters. The summed E-state index contributed by atoms with van der Waals surface area (Å²) in [5, 5.41) is 16.9. The van der Waals surface area contributed by atoms with Crippen LogP contribution >= 0.6 is 0 Å². The molecule has 0 radical (unpaired) electrons. The third-order valence-corrected chi connectivity index (χ3v) is 1.46. The summed E-state index contributed by atoms with van der Waals surface area (Å²) < 4.78 is 1.38. The first-order valence-electron chi connectivity index (χ1n) is 3.54. The first-order chi connectivity index (χ1) is 6.09. The monoisotopic (exact) mass is 217 g/mol. The normalized spacial score (nSPS) is 8.86. The van der Waals surface area contributed by atoms with E-state index in [0.717, 1.165) is 0 Å². The van der Waals surface area contributed by atoms with E-state index in [0.29, 0.717) is 0 Å². The number of hydrogen-bond acceptors (Lipinski definition) is 2. The van der Waals surface area contributed by atoms with Crippen LogP contribution in [0.1, 0.15) is 10.4 Å². The van der Waals surface area contributed by atoms with Crippen LogP contribution in [0.3, 0.4) is 0 Å². The number of aliphatic carboxylic acids is 1. The van der Waals surface area contributed by atoms with E-state index in [2.05, 4.69) is 0 Å². The molecule has 0 aliphatic carbocycles. The molecule has 0 aliphatic heterocycles. The maximum atomic E-state index is 10.4. The van der Waals surface area contributed by atoms with Crippen molar-refractivity contribution < 1.29 is 36.8 Å². The van der Waals surface area contributed by atoms with Crippen LogP contribution in [0.4, 0.5) is 0 Å². The van der Waals surface area contributed by atoms with Crippen molar-refractivity contribution in [2.45, 2.75) is 6.54 Å². The van der Waals surface area contributed by atoms with Crippen molar-refractivity contribution in [1.82, 2.24) is 0 Å². The molecule has 0 bridgehead atoms. The lowest BCUT2D eigenvalue weighted by Crippen LogP contribution is -3.00. The van der Waals surface area contributed by atoms with Gasteiger partial charge in [0.2, 0.25) is 6.54 Å². The fourth-order valence-corrected chi connectivity index (χ4v) is 0.861. The number of aromatic carboxylic acids is 1. The maximum Gasteiger partial charge on any atom is 0.370 e. The van der Waals surface area contributed by atoms with Gasteiger partial charge in [0.15, 0.2) is 12.4 Å². The van der Waals surface area contributed by atoms with E-state index >= 15 is 0 Å². The SMILES string of the molecule is O=C(O)C[n+]1ccc(C(=O)O)cc1.[Cl-]. The van der Waals surface area contributed by atoms with Crippen molar-refractivity contribution in [1.29, 1.82) is 0 Å². The Balaban J connectivity index is 0.00000169. The van der Waals surface area contributed by atoms with Crippen molar-refractivity contribution in [2.24, 2.45) is 0 Å². The van der Waals surface area contributed by atoms with Crippen LogP contribution in [-0.2, 0) is 11.3 Å². The number of carbonyl (C=O) groups is 2. The van der Waals surface area contributed by atoms with Gasteiger partial charge in [0, 0.05) is 12.1 Å². The molecule has 14 heavy (non-hydrogen) atoms. The Bertz CT molecular complexity index is 336. The topological polar surface area (TPSA) is 78.5 Å². The van der Waals surface area contributed by atoms with Gasteiger partial charge in [-0.2, -0.15) is 4.57 Å². The van der Waals surface area contributed by atoms with Crippen molar-refractivity contribution >= 4 is 11.9 Å². The summed E-state index contributed by atoms with van der Waals surface area (Å²) >= 11 is 0. The largest absolute Gasteiger partial charge is 1.00 e. The summed E-state index contributed by atoms with van der Waals surface area (Å²) in [4.78, 5) is 20.7. The van der Waals surface area contributed by atoms with E-state index in [1.807, 2.05) is 0 Å². The van der Waals surface area contributed by atoms with Crippen molar-refractivity contribution in [2.75, 3.05) is 0 Å². The van der Waals surface area contributed by atoms with Gasteiger partial charge in [-0.1, -0.05) is 0 Å². The Labute approximate surface area is 86.0 Å². The van der Waals surface area contributed by atoms with Crippen LogP contribution < -0.4 is 17.0 Å². The van der Waals surface area contributed by atoms with Gasteiger partial charge in [-0.3, -0.25) is 0 Å². The average molecular weight is 218 g/mol. The standard InChI is InChI=1S/C8H7NO4.ClH/c10-7(11)5-9-3-1-6(2-4-9)8(12)13;/h1-4H,5H2,(H-,10,11,12,13);1H. The number of carboxylic acids is 2. The predicted molar refractivity (Wildman–Crippen MR) is 41.2 cm³/mol. The second kappa shape index (κ2) is 5.18. The van der Waals surface area contributed by atoms with Gasteiger partial charge < -0.3 is 22.6 Å². The second-order valence-corrected chi connectivity index (χ2v) is 2.46. The van der Waals surface area contributed by atoms with E-state index in [4.69, 9.17) is 10.2 Å². The minimum Gasteiger partial charge on any atom is -1.00 e. The highest BCUT2D eigenvalue weighted by molar-refractivity contribution is 5.87. The molecule has 1 aromatic rings. The van der Waals surface area contributed by atoms with Gasteiger partial charge in [0.05, 0.1) is 5.56 Å². The molecule has 0 saturated carbocycles. The van der Waals surface area contributed by atoms with Crippen LogP contribution in [0.25, 0.3) is 0 Å². The minimum absolute atomic E-state index is 0. The summed E-state index contributed by atoms with van der Waals surface area (Å²) in [5.74, 6) is -1.99. The van der Waals surface area contributed by atoms with Crippen LogP contribution in [0.2, 0.25) is 0 Å². The molecule has 0 spiro atoms. The van der Waals surface area contributed by atoms with Crippen molar-refractivity contribution in [3.8, 4) is 0 Å². The van der Waals surface area contributed by atoms with E-state index in [1.165, 1.54) is 29.1 Å². The lowest BCUT2D eigenvalue weighted by molar-refractivity contribution is -0.685. The summed E-state index contributed by atoms with van der Waals surface area (Å²) in [6.07, 6.45) is 2.83. The molecule has 1 heterocycles. The molecule has 6 heteroatoms. The highest BCUT2D eigenvalue weighted by atomic mass is 35.5. The molecular formula is C8H8ClNO4. The maximum absolute atomic E-state index is 10.4. The molecule has 0 aliphatic rings. The minimum atomic E-state index is -1.03. The number of aromatic nitrogens is 1. The average Bonchev–Trinajstić information content (AvgIpc) is 2.04. The molecule has 0 amide bonds. The first kappa shape index (κ1) is 12.4. The van der Waals surface area contributed by atoms with Gasteiger partial charge in [-0.15, -0.1) is 0 Å². The van der Waals surface area contributed by atoms with Crippen LogP contribution in [0.5, 0.6) is 0 Å². The van der Waals surface area contributed by atoms with E-state index in [1.54, 1.807) is 0 Å². The van der Waals surface area contributed by atoms with Gasteiger partial charge in [-0.25, -0.2) is 9.59 Å². The lowest BCUT2D eigenvalue weighted by Gasteiger charge is -1.92. The number of hydrogen-bond donors (Lipinski definition) is 2. The van der Waals surface area contributed by atoms with Gasteiger partial charge in [-0.05, 0) is 0 Å². The highest BCUT2D eigenvalue weighted by Gasteiger charge is 2.08. The molecule has 0 unspecified atom stereocenters.